The molecule has 0 heterocycles. The molecule has 0 saturated heterocycles. The Balaban J connectivity index is 2.41. The standard InChI is InChI=1S/C16H13NO/c1-9-7-8-13(17)15-14(9)10(2)11-5-3-4-6-12(11)16(15)18/h3-8H,2,17H2,1H3. The number of nitrogens with two attached hydrogens (primary N) is 1. The molecule has 0 amide bonds. The van der Waals surface area contributed by atoms with Crippen molar-refractivity contribution in [3.63, 3.8) is 0 Å². The topological polar surface area (TPSA) is 43.1 Å². The first-order valence-electron chi connectivity index (χ1n) is 5.83. The van der Waals surface area contributed by atoms with Crippen LogP contribution in [0.3, 0.4) is 0 Å². The monoisotopic (exact) mass is 235 g/mol. The minimum absolute atomic E-state index is 0.00537. The number of carbonyl (C=O) groups excluding carboxylic acids is 1. The van der Waals surface area contributed by atoms with E-state index in [-0.39, 0.29) is 5.78 Å². The van der Waals surface area contributed by atoms with Crippen LogP contribution < -0.4 is 5.73 Å². The third kappa shape index (κ3) is 1.26. The number of carbonyl (C=O) groups is 1. The molecule has 0 unspecified atom stereocenters. The van der Waals surface area contributed by atoms with Crippen molar-refractivity contribution < 1.29 is 4.79 Å². The van der Waals surface area contributed by atoms with Crippen molar-refractivity contribution in [3.05, 3.63) is 70.8 Å². The van der Waals surface area contributed by atoms with E-state index in [0.29, 0.717) is 16.8 Å². The van der Waals surface area contributed by atoms with Gasteiger partial charge in [0.1, 0.15) is 0 Å². The van der Waals surface area contributed by atoms with Gasteiger partial charge in [-0.05, 0) is 35.3 Å². The van der Waals surface area contributed by atoms with E-state index < -0.39 is 0 Å². The van der Waals surface area contributed by atoms with E-state index in [9.17, 15) is 4.79 Å². The Labute approximate surface area is 106 Å². The second kappa shape index (κ2) is 3.57. The molecular formula is C16H13NO. The SMILES string of the molecule is C=C1c2ccccc2C(=O)c2c(N)ccc(C)c21. The molecule has 2 N–H and O–H groups in total. The Kier molecular flexibility index (Phi) is 2.14. The molecule has 2 aromatic carbocycles. The molecule has 0 aliphatic heterocycles. The molecule has 0 atom stereocenters. The summed E-state index contributed by atoms with van der Waals surface area (Å²) in [6.07, 6.45) is 0. The van der Waals surface area contributed by atoms with Gasteiger partial charge in [0.2, 0.25) is 0 Å². The molecule has 18 heavy (non-hydrogen) atoms. The summed E-state index contributed by atoms with van der Waals surface area (Å²) in [6, 6.07) is 11.3. The lowest BCUT2D eigenvalue weighted by Gasteiger charge is -2.23. The highest BCUT2D eigenvalue weighted by molar-refractivity contribution is 6.21. The lowest BCUT2D eigenvalue weighted by atomic mass is 9.79. The molecule has 88 valence electrons. The van der Waals surface area contributed by atoms with Crippen LogP contribution in [-0.2, 0) is 0 Å². The van der Waals surface area contributed by atoms with Gasteiger partial charge >= 0.3 is 0 Å². The van der Waals surface area contributed by atoms with Crippen LogP contribution in [0.1, 0.15) is 32.6 Å². The quantitative estimate of drug-likeness (QED) is 0.608. The first-order chi connectivity index (χ1) is 8.61. The number of anilines is 1. The van der Waals surface area contributed by atoms with E-state index in [1.54, 1.807) is 6.07 Å². The Morgan fingerprint density at radius 3 is 2.39 bits per heavy atom. The summed E-state index contributed by atoms with van der Waals surface area (Å²) in [5.41, 5.74) is 11.5. The second-order valence-electron chi connectivity index (χ2n) is 4.57. The molecule has 0 fully saturated rings. The molecule has 1 aliphatic carbocycles. The Hall–Kier alpha value is -2.35. The number of benzene rings is 2. The maximum atomic E-state index is 12.5. The van der Waals surface area contributed by atoms with Crippen LogP contribution in [0, 0.1) is 6.92 Å². The molecule has 0 radical (unpaired) electrons. The van der Waals surface area contributed by atoms with Gasteiger partial charge in [-0.2, -0.15) is 0 Å². The Morgan fingerprint density at radius 1 is 1.00 bits per heavy atom. The molecule has 0 saturated carbocycles. The summed E-state index contributed by atoms with van der Waals surface area (Å²) in [7, 11) is 0. The van der Waals surface area contributed by atoms with Gasteiger partial charge in [0, 0.05) is 11.3 Å². The smallest absolute Gasteiger partial charge is 0.196 e. The van der Waals surface area contributed by atoms with Gasteiger partial charge in [-0.1, -0.05) is 36.9 Å². The Bertz CT molecular complexity index is 638. The first-order valence-corrected chi connectivity index (χ1v) is 5.83. The van der Waals surface area contributed by atoms with E-state index in [0.717, 1.165) is 22.3 Å². The molecule has 2 aromatic rings. The number of ketones is 1. The highest BCUT2D eigenvalue weighted by Gasteiger charge is 2.28. The molecule has 3 rings (SSSR count). The van der Waals surface area contributed by atoms with Crippen LogP contribution in [-0.4, -0.2) is 5.78 Å². The van der Waals surface area contributed by atoms with Crippen molar-refractivity contribution in [3.8, 4) is 0 Å². The van der Waals surface area contributed by atoms with Gasteiger partial charge in [-0.3, -0.25) is 4.79 Å². The zero-order valence-electron chi connectivity index (χ0n) is 10.2. The summed E-state index contributed by atoms with van der Waals surface area (Å²) in [6.45, 7) is 6.10. The molecule has 2 heteroatoms. The van der Waals surface area contributed by atoms with Crippen molar-refractivity contribution in [2.24, 2.45) is 0 Å². The largest absolute Gasteiger partial charge is 0.398 e. The second-order valence-corrected chi connectivity index (χ2v) is 4.57. The van der Waals surface area contributed by atoms with E-state index in [4.69, 9.17) is 5.73 Å². The van der Waals surface area contributed by atoms with Crippen LogP contribution in [0.25, 0.3) is 5.57 Å². The highest BCUT2D eigenvalue weighted by Crippen LogP contribution is 2.38. The number of fused-ring (bicyclic) bond motifs is 2. The lowest BCUT2D eigenvalue weighted by molar-refractivity contribution is 0.103. The van der Waals surface area contributed by atoms with Crippen LogP contribution in [0.15, 0.2) is 43.0 Å². The third-order valence-electron chi connectivity index (χ3n) is 3.47. The van der Waals surface area contributed by atoms with Crippen molar-refractivity contribution in [2.45, 2.75) is 6.92 Å². The maximum absolute atomic E-state index is 12.5. The molecule has 2 nitrogen and oxygen atoms in total. The van der Waals surface area contributed by atoms with E-state index >= 15 is 0 Å². The fourth-order valence-electron chi connectivity index (χ4n) is 2.57. The normalized spacial score (nSPS) is 13.2. The molecule has 0 aromatic heterocycles. The fourth-order valence-corrected chi connectivity index (χ4v) is 2.57. The summed E-state index contributed by atoms with van der Waals surface area (Å²) >= 11 is 0. The van der Waals surface area contributed by atoms with Crippen LogP contribution >= 0.6 is 0 Å². The van der Waals surface area contributed by atoms with Gasteiger partial charge in [0.15, 0.2) is 5.78 Å². The van der Waals surface area contributed by atoms with Crippen molar-refractivity contribution in [2.75, 3.05) is 5.73 Å². The predicted octanol–water partition coefficient (Wildman–Crippen LogP) is 3.18. The average molecular weight is 235 g/mol. The van der Waals surface area contributed by atoms with Gasteiger partial charge in [0.05, 0.1) is 5.56 Å². The van der Waals surface area contributed by atoms with Crippen LogP contribution in [0.5, 0.6) is 0 Å². The maximum Gasteiger partial charge on any atom is 0.196 e. The summed E-state index contributed by atoms with van der Waals surface area (Å²) in [5.74, 6) is -0.00537. The molecule has 1 aliphatic rings. The number of aryl methyl sites for hydroxylation is 1. The minimum Gasteiger partial charge on any atom is -0.398 e. The van der Waals surface area contributed by atoms with Crippen LogP contribution in [0.2, 0.25) is 0 Å². The fraction of sp³-hybridized carbons (Fsp3) is 0.0625. The van der Waals surface area contributed by atoms with Gasteiger partial charge in [-0.15, -0.1) is 0 Å². The zero-order valence-corrected chi connectivity index (χ0v) is 10.2. The number of rotatable bonds is 0. The first kappa shape index (κ1) is 10.8. The average Bonchev–Trinajstić information content (AvgIpc) is 2.38. The summed E-state index contributed by atoms with van der Waals surface area (Å²) in [4.78, 5) is 12.5. The number of hydrogen-bond donors (Lipinski definition) is 1. The van der Waals surface area contributed by atoms with Crippen molar-refractivity contribution in [1.29, 1.82) is 0 Å². The van der Waals surface area contributed by atoms with Gasteiger partial charge in [-0.25, -0.2) is 0 Å². The van der Waals surface area contributed by atoms with E-state index in [1.807, 2.05) is 37.3 Å². The summed E-state index contributed by atoms with van der Waals surface area (Å²) in [5, 5.41) is 0. The van der Waals surface area contributed by atoms with Crippen LogP contribution in [0.4, 0.5) is 5.69 Å². The number of nitrogen functional groups attached to an aromatic ring is 1. The minimum atomic E-state index is -0.00537. The van der Waals surface area contributed by atoms with Crippen molar-refractivity contribution in [1.82, 2.24) is 0 Å². The molecular weight excluding hydrogens is 222 g/mol. The van der Waals surface area contributed by atoms with E-state index in [2.05, 4.69) is 6.58 Å². The lowest BCUT2D eigenvalue weighted by Crippen LogP contribution is -2.17. The Morgan fingerprint density at radius 2 is 1.67 bits per heavy atom. The predicted molar refractivity (Wildman–Crippen MR) is 73.6 cm³/mol. The highest BCUT2D eigenvalue weighted by atomic mass is 16.1. The van der Waals surface area contributed by atoms with Gasteiger partial charge < -0.3 is 5.73 Å². The number of hydrogen-bond acceptors (Lipinski definition) is 2. The van der Waals surface area contributed by atoms with E-state index in [1.165, 1.54) is 0 Å². The molecule has 0 spiro atoms. The third-order valence-corrected chi connectivity index (χ3v) is 3.47. The van der Waals surface area contributed by atoms with Gasteiger partial charge in [0.25, 0.3) is 0 Å². The van der Waals surface area contributed by atoms with Crippen molar-refractivity contribution >= 4 is 17.0 Å². The summed E-state index contributed by atoms with van der Waals surface area (Å²) < 4.78 is 0. The zero-order chi connectivity index (χ0) is 12.9. The molecule has 0 bridgehead atoms.